The van der Waals surface area contributed by atoms with Gasteiger partial charge < -0.3 is 10.6 Å². The van der Waals surface area contributed by atoms with Gasteiger partial charge in [0.1, 0.15) is 0 Å². The fourth-order valence-corrected chi connectivity index (χ4v) is 3.79. The molecule has 2 N–H and O–H groups in total. The van der Waals surface area contributed by atoms with Crippen molar-refractivity contribution < 1.29 is 4.79 Å². The van der Waals surface area contributed by atoms with E-state index in [4.69, 9.17) is 0 Å². The first-order chi connectivity index (χ1) is 9.00. The van der Waals surface area contributed by atoms with Gasteiger partial charge in [0.15, 0.2) is 0 Å². The Balaban J connectivity index is 1.89. The number of carbonyl (C=O) groups excluding carboxylic acids is 1. The molecule has 1 heterocycles. The summed E-state index contributed by atoms with van der Waals surface area (Å²) in [7, 11) is 0. The van der Waals surface area contributed by atoms with E-state index in [9.17, 15) is 4.79 Å². The van der Waals surface area contributed by atoms with Crippen molar-refractivity contribution in [2.24, 2.45) is 10.8 Å². The summed E-state index contributed by atoms with van der Waals surface area (Å²) in [5.41, 5.74) is 0.236. The molecule has 2 fully saturated rings. The topological polar surface area (TPSA) is 41.1 Å². The van der Waals surface area contributed by atoms with Crippen LogP contribution in [0, 0.1) is 10.8 Å². The molecule has 0 aromatic carbocycles. The van der Waals surface area contributed by atoms with Gasteiger partial charge >= 0.3 is 0 Å². The number of carbonyl (C=O) groups is 1. The predicted octanol–water partition coefficient (Wildman–Crippen LogP) is 2.85. The summed E-state index contributed by atoms with van der Waals surface area (Å²) >= 11 is 0. The summed E-state index contributed by atoms with van der Waals surface area (Å²) in [4.78, 5) is 12.5. The maximum absolute atomic E-state index is 12.5. The molecule has 19 heavy (non-hydrogen) atoms. The molecule has 1 aliphatic heterocycles. The number of hydrogen-bond donors (Lipinski definition) is 2. The largest absolute Gasteiger partial charge is 0.354 e. The standard InChI is InChI=1S/C16H30N2O/c1-4-16(9-5-6-10-16)14(19)18-12-13-15(2,3)8-7-11-17-13/h13,17H,4-12H2,1-3H3,(H,18,19). The molecule has 1 atom stereocenters. The van der Waals surface area contributed by atoms with Gasteiger partial charge in [0.05, 0.1) is 0 Å². The number of rotatable bonds is 4. The summed E-state index contributed by atoms with van der Waals surface area (Å²) in [6.07, 6.45) is 8.08. The van der Waals surface area contributed by atoms with Crippen molar-refractivity contribution >= 4 is 5.91 Å². The number of nitrogens with one attached hydrogen (secondary N) is 2. The maximum Gasteiger partial charge on any atom is 0.226 e. The third-order valence-corrected chi connectivity index (χ3v) is 5.52. The summed E-state index contributed by atoms with van der Waals surface area (Å²) < 4.78 is 0. The fourth-order valence-electron chi connectivity index (χ4n) is 3.79. The Kier molecular flexibility index (Phi) is 4.54. The Bertz CT molecular complexity index is 319. The van der Waals surface area contributed by atoms with E-state index in [2.05, 4.69) is 31.4 Å². The zero-order valence-electron chi connectivity index (χ0n) is 12.8. The molecule has 0 radical (unpaired) electrons. The van der Waals surface area contributed by atoms with Crippen molar-refractivity contribution in [1.29, 1.82) is 0 Å². The van der Waals surface area contributed by atoms with E-state index in [-0.39, 0.29) is 5.41 Å². The Morgan fingerprint density at radius 1 is 1.21 bits per heavy atom. The molecule has 1 saturated carbocycles. The molecule has 1 amide bonds. The second-order valence-electron chi connectivity index (χ2n) is 7.15. The molecule has 110 valence electrons. The van der Waals surface area contributed by atoms with Gasteiger partial charge in [0.25, 0.3) is 0 Å². The van der Waals surface area contributed by atoms with Crippen molar-refractivity contribution in [3.63, 3.8) is 0 Å². The van der Waals surface area contributed by atoms with Crippen molar-refractivity contribution in [1.82, 2.24) is 10.6 Å². The van der Waals surface area contributed by atoms with Crippen LogP contribution in [0.4, 0.5) is 0 Å². The van der Waals surface area contributed by atoms with Crippen LogP contribution in [0.5, 0.6) is 0 Å². The molecule has 0 aromatic heterocycles. The van der Waals surface area contributed by atoms with E-state index >= 15 is 0 Å². The molecule has 3 heteroatoms. The van der Waals surface area contributed by atoms with Gasteiger partial charge in [-0.1, -0.05) is 33.6 Å². The normalized spacial score (nSPS) is 29.1. The quantitative estimate of drug-likeness (QED) is 0.821. The van der Waals surface area contributed by atoms with Gasteiger partial charge in [-0.15, -0.1) is 0 Å². The Morgan fingerprint density at radius 3 is 2.47 bits per heavy atom. The van der Waals surface area contributed by atoms with E-state index in [0.717, 1.165) is 32.4 Å². The summed E-state index contributed by atoms with van der Waals surface area (Å²) in [5.74, 6) is 0.302. The highest BCUT2D eigenvalue weighted by Crippen LogP contribution is 2.41. The minimum atomic E-state index is -0.0567. The van der Waals surface area contributed by atoms with Crippen LogP contribution in [-0.2, 0) is 4.79 Å². The third-order valence-electron chi connectivity index (χ3n) is 5.52. The third kappa shape index (κ3) is 3.13. The fraction of sp³-hybridized carbons (Fsp3) is 0.938. The molecule has 0 spiro atoms. The molecule has 1 aliphatic carbocycles. The first-order valence-corrected chi connectivity index (χ1v) is 8.02. The molecule has 0 bridgehead atoms. The van der Waals surface area contributed by atoms with E-state index < -0.39 is 0 Å². The summed E-state index contributed by atoms with van der Waals surface area (Å²) in [6.45, 7) is 8.65. The second-order valence-corrected chi connectivity index (χ2v) is 7.15. The van der Waals surface area contributed by atoms with Gasteiger partial charge in [0, 0.05) is 18.0 Å². The molecule has 1 saturated heterocycles. The minimum absolute atomic E-state index is 0.0567. The van der Waals surface area contributed by atoms with E-state index in [1.807, 2.05) is 0 Å². The average Bonchev–Trinajstić information content (AvgIpc) is 2.86. The van der Waals surface area contributed by atoms with E-state index in [0.29, 0.717) is 17.4 Å². The lowest BCUT2D eigenvalue weighted by Crippen LogP contribution is -2.54. The smallest absolute Gasteiger partial charge is 0.226 e. The van der Waals surface area contributed by atoms with Gasteiger partial charge in [-0.05, 0) is 44.1 Å². The zero-order valence-corrected chi connectivity index (χ0v) is 12.8. The monoisotopic (exact) mass is 266 g/mol. The molecule has 3 nitrogen and oxygen atoms in total. The Labute approximate surface area is 117 Å². The highest BCUT2D eigenvalue weighted by molar-refractivity contribution is 5.82. The number of piperidine rings is 1. The SMILES string of the molecule is CCC1(C(=O)NCC2NCCCC2(C)C)CCCC1. The second kappa shape index (κ2) is 5.82. The lowest BCUT2D eigenvalue weighted by Gasteiger charge is -2.40. The molecule has 2 aliphatic rings. The van der Waals surface area contributed by atoms with E-state index in [1.54, 1.807) is 0 Å². The molecule has 2 rings (SSSR count). The van der Waals surface area contributed by atoms with Crippen LogP contribution in [0.2, 0.25) is 0 Å². The van der Waals surface area contributed by atoms with Crippen LogP contribution in [-0.4, -0.2) is 25.0 Å². The molecule has 0 aromatic rings. The van der Waals surface area contributed by atoms with Gasteiger partial charge in [0.2, 0.25) is 5.91 Å². The zero-order chi connectivity index (χ0) is 13.9. The van der Waals surface area contributed by atoms with Crippen LogP contribution in [0.25, 0.3) is 0 Å². The first-order valence-electron chi connectivity index (χ1n) is 8.02. The van der Waals surface area contributed by atoms with Crippen molar-refractivity contribution in [2.75, 3.05) is 13.1 Å². The highest BCUT2D eigenvalue weighted by atomic mass is 16.2. The summed E-state index contributed by atoms with van der Waals surface area (Å²) in [5, 5.41) is 6.81. The molecule has 1 unspecified atom stereocenters. The highest BCUT2D eigenvalue weighted by Gasteiger charge is 2.40. The average molecular weight is 266 g/mol. The van der Waals surface area contributed by atoms with E-state index in [1.165, 1.54) is 25.7 Å². The molecular formula is C16H30N2O. The molecular weight excluding hydrogens is 236 g/mol. The van der Waals surface area contributed by atoms with Crippen LogP contribution in [0.15, 0.2) is 0 Å². The van der Waals surface area contributed by atoms with Crippen molar-refractivity contribution in [3.05, 3.63) is 0 Å². The van der Waals surface area contributed by atoms with Gasteiger partial charge in [-0.2, -0.15) is 0 Å². The summed E-state index contributed by atoms with van der Waals surface area (Å²) in [6, 6.07) is 0.417. The predicted molar refractivity (Wildman–Crippen MR) is 79.0 cm³/mol. The van der Waals surface area contributed by atoms with Crippen LogP contribution >= 0.6 is 0 Å². The van der Waals surface area contributed by atoms with Crippen molar-refractivity contribution in [2.45, 2.75) is 71.8 Å². The lowest BCUT2D eigenvalue weighted by molar-refractivity contribution is -0.131. The lowest BCUT2D eigenvalue weighted by atomic mass is 9.77. The van der Waals surface area contributed by atoms with Gasteiger partial charge in [-0.25, -0.2) is 0 Å². The van der Waals surface area contributed by atoms with Crippen LogP contribution in [0.1, 0.15) is 65.7 Å². The first kappa shape index (κ1) is 14.8. The number of hydrogen-bond acceptors (Lipinski definition) is 2. The van der Waals surface area contributed by atoms with Crippen LogP contribution in [0.3, 0.4) is 0 Å². The Hall–Kier alpha value is -0.570. The van der Waals surface area contributed by atoms with Crippen LogP contribution < -0.4 is 10.6 Å². The Morgan fingerprint density at radius 2 is 1.89 bits per heavy atom. The number of amides is 1. The maximum atomic E-state index is 12.5. The van der Waals surface area contributed by atoms with Gasteiger partial charge in [-0.3, -0.25) is 4.79 Å². The minimum Gasteiger partial charge on any atom is -0.354 e. The van der Waals surface area contributed by atoms with Crippen molar-refractivity contribution in [3.8, 4) is 0 Å².